The molecule has 9 nitrogen and oxygen atoms in total. The zero-order chi connectivity index (χ0) is 30.0. The zero-order valence-electron chi connectivity index (χ0n) is 23.7. The summed E-state index contributed by atoms with van der Waals surface area (Å²) >= 11 is 0. The number of carbonyl (C=O) groups is 1. The number of ether oxygens (including phenoxy) is 5. The number of rotatable bonds is 12. The highest BCUT2D eigenvalue weighted by atomic mass is 16.7. The number of hydrogen-bond donors (Lipinski definition) is 0. The molecule has 0 bridgehead atoms. The second kappa shape index (κ2) is 14.7. The van der Waals surface area contributed by atoms with E-state index in [0.717, 1.165) is 16.7 Å². The summed E-state index contributed by atoms with van der Waals surface area (Å²) in [5.74, 6) is -0.703. The van der Waals surface area contributed by atoms with Gasteiger partial charge in [0.2, 0.25) is 6.29 Å². The van der Waals surface area contributed by atoms with Crippen LogP contribution in [0.4, 0.5) is 5.69 Å². The lowest BCUT2D eigenvalue weighted by Gasteiger charge is -2.44. The maximum absolute atomic E-state index is 13.2. The molecule has 1 fully saturated rings. The van der Waals surface area contributed by atoms with Crippen LogP contribution in [0.1, 0.15) is 34.0 Å². The molecule has 5 atom stereocenters. The molecule has 1 aliphatic heterocycles. The van der Waals surface area contributed by atoms with Crippen LogP contribution >= 0.6 is 0 Å². The summed E-state index contributed by atoms with van der Waals surface area (Å²) in [7, 11) is 0. The van der Waals surface area contributed by atoms with Crippen molar-refractivity contribution in [2.75, 3.05) is 0 Å². The van der Waals surface area contributed by atoms with E-state index < -0.39 is 41.6 Å². The van der Waals surface area contributed by atoms with Gasteiger partial charge < -0.3 is 23.7 Å². The molecule has 43 heavy (non-hydrogen) atoms. The highest BCUT2D eigenvalue weighted by Gasteiger charge is 2.48. The van der Waals surface area contributed by atoms with E-state index in [1.54, 1.807) is 0 Å². The Hall–Kier alpha value is -4.41. The van der Waals surface area contributed by atoms with E-state index in [0.29, 0.717) is 6.61 Å². The second-order valence-corrected chi connectivity index (χ2v) is 10.2. The van der Waals surface area contributed by atoms with Crippen molar-refractivity contribution in [1.82, 2.24) is 0 Å². The molecule has 9 heteroatoms. The van der Waals surface area contributed by atoms with Crippen LogP contribution in [0.2, 0.25) is 0 Å². The smallest absolute Gasteiger partial charge is 0.340 e. The summed E-state index contributed by atoms with van der Waals surface area (Å²) in [6.07, 6.45) is -3.76. The molecule has 0 saturated carbocycles. The first-order valence-electron chi connectivity index (χ1n) is 14.1. The van der Waals surface area contributed by atoms with Crippen molar-refractivity contribution in [1.29, 1.82) is 0 Å². The molecule has 1 saturated heterocycles. The van der Waals surface area contributed by atoms with Crippen LogP contribution < -0.4 is 0 Å². The van der Waals surface area contributed by atoms with Gasteiger partial charge in [0.05, 0.1) is 36.4 Å². The van der Waals surface area contributed by atoms with E-state index in [9.17, 15) is 14.9 Å². The summed E-state index contributed by atoms with van der Waals surface area (Å²) in [6, 6.07) is 34.4. The van der Waals surface area contributed by atoms with E-state index in [1.165, 1.54) is 24.3 Å². The second-order valence-electron chi connectivity index (χ2n) is 10.2. The Morgan fingerprint density at radius 1 is 0.674 bits per heavy atom. The molecule has 1 aliphatic rings. The quantitative estimate of drug-likeness (QED) is 0.109. The lowest BCUT2D eigenvalue weighted by molar-refractivity contribution is -0.384. The van der Waals surface area contributed by atoms with Gasteiger partial charge in [-0.1, -0.05) is 91.0 Å². The summed E-state index contributed by atoms with van der Waals surface area (Å²) in [5, 5.41) is 11.1. The Morgan fingerprint density at radius 2 is 1.12 bits per heavy atom. The number of nitrogens with zero attached hydrogens (tertiary/aromatic N) is 1. The molecule has 4 aromatic rings. The van der Waals surface area contributed by atoms with E-state index in [1.807, 2.05) is 97.9 Å². The van der Waals surface area contributed by atoms with Gasteiger partial charge in [0, 0.05) is 12.1 Å². The van der Waals surface area contributed by atoms with Crippen LogP contribution in [-0.4, -0.2) is 41.6 Å². The number of non-ortho nitro benzene ring substituents is 1. The lowest BCUT2D eigenvalue weighted by atomic mass is 9.98. The molecular weight excluding hydrogens is 550 g/mol. The van der Waals surface area contributed by atoms with Gasteiger partial charge in [0.25, 0.3) is 5.69 Å². The van der Waals surface area contributed by atoms with Gasteiger partial charge in [0.15, 0.2) is 0 Å². The summed E-state index contributed by atoms with van der Waals surface area (Å²) in [5.41, 5.74) is 2.89. The van der Waals surface area contributed by atoms with Crippen LogP contribution in [-0.2, 0) is 43.5 Å². The first-order valence-corrected chi connectivity index (χ1v) is 14.1. The van der Waals surface area contributed by atoms with Crippen molar-refractivity contribution in [3.05, 3.63) is 148 Å². The number of nitro groups is 1. The molecule has 0 radical (unpaired) electrons. The average Bonchev–Trinajstić information content (AvgIpc) is 3.04. The van der Waals surface area contributed by atoms with Crippen molar-refractivity contribution in [2.45, 2.75) is 57.5 Å². The fraction of sp³-hybridized carbons (Fsp3) is 0.265. The minimum atomic E-state index is -1.14. The van der Waals surface area contributed by atoms with E-state index in [4.69, 9.17) is 23.7 Å². The first kappa shape index (κ1) is 30.1. The summed E-state index contributed by atoms with van der Waals surface area (Å²) in [4.78, 5) is 23.7. The van der Waals surface area contributed by atoms with E-state index in [-0.39, 0.29) is 24.5 Å². The predicted molar refractivity (Wildman–Crippen MR) is 158 cm³/mol. The molecule has 0 aromatic heterocycles. The van der Waals surface area contributed by atoms with Gasteiger partial charge in [-0.05, 0) is 35.7 Å². The molecular formula is C34H33NO8. The molecule has 0 spiro atoms. The van der Waals surface area contributed by atoms with Crippen LogP contribution in [0.5, 0.6) is 0 Å². The van der Waals surface area contributed by atoms with Crippen molar-refractivity contribution in [2.24, 2.45) is 0 Å². The molecule has 5 rings (SSSR count). The highest BCUT2D eigenvalue weighted by Crippen LogP contribution is 2.31. The van der Waals surface area contributed by atoms with Crippen LogP contribution in [0, 0.1) is 10.1 Å². The van der Waals surface area contributed by atoms with Gasteiger partial charge in [-0.2, -0.15) is 0 Å². The van der Waals surface area contributed by atoms with Gasteiger partial charge in [-0.15, -0.1) is 0 Å². The molecule has 1 unspecified atom stereocenters. The molecule has 222 valence electrons. The summed E-state index contributed by atoms with van der Waals surface area (Å²) in [6.45, 7) is 2.65. The normalized spacial score (nSPS) is 21.7. The zero-order valence-corrected chi connectivity index (χ0v) is 23.7. The Balaban J connectivity index is 1.41. The van der Waals surface area contributed by atoms with Crippen LogP contribution in [0.3, 0.4) is 0 Å². The maximum atomic E-state index is 13.2. The predicted octanol–water partition coefficient (Wildman–Crippen LogP) is 6.25. The maximum Gasteiger partial charge on any atom is 0.340 e. The molecule has 0 N–H and O–H groups in total. The largest absolute Gasteiger partial charge is 0.429 e. The van der Waals surface area contributed by atoms with Crippen molar-refractivity contribution in [3.8, 4) is 0 Å². The van der Waals surface area contributed by atoms with Crippen molar-refractivity contribution < 1.29 is 33.4 Å². The summed E-state index contributed by atoms with van der Waals surface area (Å²) < 4.78 is 31.4. The van der Waals surface area contributed by atoms with Gasteiger partial charge in [-0.25, -0.2) is 4.79 Å². The number of hydrogen-bond acceptors (Lipinski definition) is 8. The standard InChI is InChI=1S/C34H33NO8/c1-24-30(39-21-25-11-5-2-6-12-25)31(40-22-26-13-7-3-8-14-26)32(41-23-27-15-9-4-10-16-27)34(42-24)43-33(36)28-17-19-29(20-18-28)35(37)38/h2-20,24,30-32,34H,21-23H2,1H3/t24?,30-,31+,32+,34+/m1/s1. The number of esters is 1. The van der Waals surface area contributed by atoms with Gasteiger partial charge in [0.1, 0.15) is 18.3 Å². The molecule has 4 aromatic carbocycles. The van der Waals surface area contributed by atoms with Gasteiger partial charge >= 0.3 is 5.97 Å². The van der Waals surface area contributed by atoms with Crippen LogP contribution in [0.25, 0.3) is 0 Å². The van der Waals surface area contributed by atoms with E-state index >= 15 is 0 Å². The topological polar surface area (TPSA) is 106 Å². The molecule has 1 heterocycles. The average molecular weight is 584 g/mol. The van der Waals surface area contributed by atoms with Crippen LogP contribution in [0.15, 0.2) is 115 Å². The highest BCUT2D eigenvalue weighted by molar-refractivity contribution is 5.89. The third-order valence-electron chi connectivity index (χ3n) is 7.12. The fourth-order valence-electron chi connectivity index (χ4n) is 4.86. The molecule has 0 aliphatic carbocycles. The molecule has 0 amide bonds. The Morgan fingerprint density at radius 3 is 1.58 bits per heavy atom. The first-order chi connectivity index (χ1) is 21.0. The van der Waals surface area contributed by atoms with E-state index in [2.05, 4.69) is 0 Å². The van der Waals surface area contributed by atoms with Gasteiger partial charge in [-0.3, -0.25) is 10.1 Å². The monoisotopic (exact) mass is 583 g/mol. The lowest BCUT2D eigenvalue weighted by Crippen LogP contribution is -2.60. The van der Waals surface area contributed by atoms with Crippen molar-refractivity contribution in [3.63, 3.8) is 0 Å². The fourth-order valence-corrected chi connectivity index (χ4v) is 4.86. The number of carbonyl (C=O) groups excluding carboxylic acids is 1. The number of benzene rings is 4. The van der Waals surface area contributed by atoms with Crippen molar-refractivity contribution >= 4 is 11.7 Å². The SMILES string of the molecule is CC1O[C@@H](OC(=O)c2ccc([N+](=O)[O-])cc2)[C@@H](OCc2ccccc2)[C@@H](OCc2ccccc2)[C@@H]1OCc1ccccc1. The minimum absolute atomic E-state index is 0.129. The Bertz CT molecular complexity index is 1450. The Labute approximate surface area is 250 Å². The minimum Gasteiger partial charge on any atom is -0.429 e. The third-order valence-corrected chi connectivity index (χ3v) is 7.12. The Kier molecular flexibility index (Phi) is 10.2. The third kappa shape index (κ3) is 8.12. The number of nitro benzene ring substituents is 1.